The molecule has 1 amide bonds. The summed E-state index contributed by atoms with van der Waals surface area (Å²) in [6.07, 6.45) is 3.63. The molecular weight excluding hydrogens is 292 g/mol. The van der Waals surface area contributed by atoms with E-state index in [2.05, 4.69) is 20.5 Å². The minimum atomic E-state index is -0.170. The number of nitrogens with one attached hydrogen (secondary N) is 2. The summed E-state index contributed by atoms with van der Waals surface area (Å²) in [7, 11) is 0. The molecule has 1 aliphatic rings. The maximum Gasteiger partial charge on any atom is 0.254 e. The van der Waals surface area contributed by atoms with E-state index in [1.54, 1.807) is 11.7 Å². The molecule has 3 heterocycles. The summed E-state index contributed by atoms with van der Waals surface area (Å²) in [6, 6.07) is -0.0696. The first kappa shape index (κ1) is 14.2. The Bertz CT molecular complexity index is 558. The first-order chi connectivity index (χ1) is 10.3. The number of hydrogen-bond donors (Lipinski definition) is 2. The number of ether oxygens (including phenoxy) is 2. The molecule has 2 aromatic heterocycles. The summed E-state index contributed by atoms with van der Waals surface area (Å²) < 4.78 is 11.3. The quantitative estimate of drug-likeness (QED) is 0.859. The van der Waals surface area contributed by atoms with Gasteiger partial charge in [-0.2, -0.15) is 5.10 Å². The van der Waals surface area contributed by atoms with Crippen molar-refractivity contribution < 1.29 is 14.3 Å². The zero-order chi connectivity index (χ0) is 14.5. The Morgan fingerprint density at radius 3 is 3.33 bits per heavy atom. The van der Waals surface area contributed by atoms with Crippen molar-refractivity contribution in [3.63, 3.8) is 0 Å². The Labute approximate surface area is 125 Å². The van der Waals surface area contributed by atoms with Gasteiger partial charge in [-0.25, -0.2) is 4.98 Å². The number of thiazole rings is 1. The van der Waals surface area contributed by atoms with Gasteiger partial charge >= 0.3 is 0 Å². The second-order valence-corrected chi connectivity index (χ2v) is 5.48. The van der Waals surface area contributed by atoms with Crippen molar-refractivity contribution >= 4 is 17.2 Å². The lowest BCUT2D eigenvalue weighted by Gasteiger charge is -2.31. The molecule has 2 N–H and O–H groups in total. The molecule has 0 saturated carbocycles. The molecule has 0 bridgehead atoms. The first-order valence-corrected chi connectivity index (χ1v) is 7.63. The molecule has 2 atom stereocenters. The zero-order valence-electron chi connectivity index (χ0n) is 11.3. The molecule has 0 aromatic carbocycles. The van der Waals surface area contributed by atoms with Crippen LogP contribution in [0.4, 0.5) is 0 Å². The number of aromatic nitrogens is 3. The fourth-order valence-electron chi connectivity index (χ4n) is 2.17. The third-order valence-electron chi connectivity index (χ3n) is 3.31. The van der Waals surface area contributed by atoms with Crippen LogP contribution in [0.1, 0.15) is 22.5 Å². The number of amides is 1. The lowest BCUT2D eigenvalue weighted by molar-refractivity contribution is -0.0742. The van der Waals surface area contributed by atoms with Crippen LogP contribution in [0.25, 0.3) is 0 Å². The number of nitrogens with zero attached hydrogens (tertiary/aromatic N) is 2. The third-order valence-corrected chi connectivity index (χ3v) is 3.95. The van der Waals surface area contributed by atoms with Crippen LogP contribution in [0, 0.1) is 0 Å². The number of carbonyl (C=O) groups is 1. The molecule has 0 radical (unpaired) electrons. The van der Waals surface area contributed by atoms with Crippen molar-refractivity contribution in [2.45, 2.75) is 25.2 Å². The van der Waals surface area contributed by atoms with E-state index in [0.717, 1.165) is 12.1 Å². The molecule has 2 aromatic rings. The topological polar surface area (TPSA) is 89.1 Å². The molecule has 1 fully saturated rings. The van der Waals surface area contributed by atoms with Gasteiger partial charge in [-0.15, -0.1) is 11.3 Å². The van der Waals surface area contributed by atoms with E-state index in [-0.39, 0.29) is 18.1 Å². The van der Waals surface area contributed by atoms with Crippen LogP contribution in [-0.4, -0.2) is 46.4 Å². The highest BCUT2D eigenvalue weighted by atomic mass is 32.1. The number of aromatic amines is 1. The van der Waals surface area contributed by atoms with E-state index in [0.29, 0.717) is 25.4 Å². The number of rotatable bonds is 5. The minimum Gasteiger partial charge on any atom is -0.379 e. The van der Waals surface area contributed by atoms with Crippen molar-refractivity contribution in [1.82, 2.24) is 20.5 Å². The summed E-state index contributed by atoms with van der Waals surface area (Å²) in [5, 5.41) is 11.3. The maximum absolute atomic E-state index is 12.1. The highest BCUT2D eigenvalue weighted by molar-refractivity contribution is 7.07. The predicted molar refractivity (Wildman–Crippen MR) is 76.0 cm³/mol. The Morgan fingerprint density at radius 2 is 2.57 bits per heavy atom. The van der Waals surface area contributed by atoms with Crippen molar-refractivity contribution in [2.75, 3.05) is 13.2 Å². The summed E-state index contributed by atoms with van der Waals surface area (Å²) in [4.78, 5) is 16.3. The lowest BCUT2D eigenvalue weighted by atomic mass is 10.1. The van der Waals surface area contributed by atoms with Crippen molar-refractivity contribution in [3.8, 4) is 0 Å². The number of carbonyl (C=O) groups excluding carboxylic acids is 1. The van der Waals surface area contributed by atoms with Crippen LogP contribution in [0.2, 0.25) is 0 Å². The van der Waals surface area contributed by atoms with E-state index in [1.807, 2.05) is 5.38 Å². The number of H-pyrrole nitrogens is 1. The molecule has 1 aliphatic heterocycles. The van der Waals surface area contributed by atoms with Crippen LogP contribution in [0.15, 0.2) is 23.3 Å². The summed E-state index contributed by atoms with van der Waals surface area (Å²) in [6.45, 7) is 1.52. The van der Waals surface area contributed by atoms with E-state index < -0.39 is 0 Å². The Balaban J connectivity index is 1.57. The summed E-state index contributed by atoms with van der Waals surface area (Å²) in [5.41, 5.74) is 3.18. The second-order valence-electron chi connectivity index (χ2n) is 4.76. The molecule has 21 heavy (non-hydrogen) atoms. The monoisotopic (exact) mass is 308 g/mol. The Morgan fingerprint density at radius 1 is 1.62 bits per heavy atom. The van der Waals surface area contributed by atoms with Gasteiger partial charge in [0.05, 0.1) is 42.2 Å². The molecule has 3 rings (SSSR count). The molecule has 1 saturated heterocycles. The van der Waals surface area contributed by atoms with E-state index >= 15 is 0 Å². The van der Waals surface area contributed by atoms with E-state index in [4.69, 9.17) is 9.47 Å². The Hall–Kier alpha value is -1.77. The highest BCUT2D eigenvalue weighted by Gasteiger charge is 2.28. The average molecular weight is 308 g/mol. The lowest BCUT2D eigenvalue weighted by Crippen LogP contribution is -2.49. The van der Waals surface area contributed by atoms with Crippen molar-refractivity contribution in [3.05, 3.63) is 34.5 Å². The van der Waals surface area contributed by atoms with E-state index in [9.17, 15) is 4.79 Å². The van der Waals surface area contributed by atoms with Crippen LogP contribution in [-0.2, 0) is 16.1 Å². The van der Waals surface area contributed by atoms with E-state index in [1.165, 1.54) is 17.5 Å². The molecule has 0 aliphatic carbocycles. The van der Waals surface area contributed by atoms with Crippen molar-refractivity contribution in [1.29, 1.82) is 0 Å². The molecule has 8 heteroatoms. The maximum atomic E-state index is 12.1. The van der Waals surface area contributed by atoms with Crippen LogP contribution in [0.5, 0.6) is 0 Å². The summed E-state index contributed by atoms with van der Waals surface area (Å²) >= 11 is 1.53. The largest absolute Gasteiger partial charge is 0.379 e. The minimum absolute atomic E-state index is 0.0696. The van der Waals surface area contributed by atoms with Gasteiger partial charge in [0.2, 0.25) is 0 Å². The van der Waals surface area contributed by atoms with Gasteiger partial charge < -0.3 is 14.8 Å². The molecule has 7 nitrogen and oxygen atoms in total. The third kappa shape index (κ3) is 3.66. The molecule has 112 valence electrons. The van der Waals surface area contributed by atoms with Gasteiger partial charge in [-0.1, -0.05) is 0 Å². The number of hydrogen-bond acceptors (Lipinski definition) is 6. The molecule has 0 unspecified atom stereocenters. The molecular formula is C13H16N4O3S. The fraction of sp³-hybridized carbons (Fsp3) is 0.462. The smallest absolute Gasteiger partial charge is 0.254 e. The van der Waals surface area contributed by atoms with Gasteiger partial charge in [0.25, 0.3) is 5.91 Å². The predicted octanol–water partition coefficient (Wildman–Crippen LogP) is 0.970. The van der Waals surface area contributed by atoms with Gasteiger partial charge in [0.15, 0.2) is 0 Å². The highest BCUT2D eigenvalue weighted by Crippen LogP contribution is 2.14. The van der Waals surface area contributed by atoms with Crippen LogP contribution in [0.3, 0.4) is 0 Å². The van der Waals surface area contributed by atoms with Crippen LogP contribution >= 0.6 is 11.3 Å². The van der Waals surface area contributed by atoms with Gasteiger partial charge in [-0.05, 0) is 6.42 Å². The fourth-order valence-corrected chi connectivity index (χ4v) is 2.71. The SMILES string of the molecule is O=C(N[C@@H]1CCOC[C@H]1OCc1cscn1)c1cn[nH]c1. The van der Waals surface area contributed by atoms with Gasteiger partial charge in [-0.3, -0.25) is 9.89 Å². The van der Waals surface area contributed by atoms with Gasteiger partial charge in [0, 0.05) is 18.2 Å². The summed E-state index contributed by atoms with van der Waals surface area (Å²) in [5.74, 6) is -0.155. The first-order valence-electron chi connectivity index (χ1n) is 6.69. The molecule has 0 spiro atoms. The second kappa shape index (κ2) is 6.79. The van der Waals surface area contributed by atoms with Crippen molar-refractivity contribution in [2.24, 2.45) is 0 Å². The standard InChI is InChI=1S/C13H16N4O3S/c18-13(9-3-15-16-4-9)17-11-1-2-19-6-12(11)20-5-10-7-21-8-14-10/h3-4,7-8,11-12H,1-2,5-6H2,(H,15,16)(H,17,18)/t11-,12-/m1/s1. The zero-order valence-corrected chi connectivity index (χ0v) is 12.1. The van der Waals surface area contributed by atoms with Gasteiger partial charge in [0.1, 0.15) is 6.10 Å². The van der Waals surface area contributed by atoms with Crippen LogP contribution < -0.4 is 5.32 Å². The Kier molecular flexibility index (Phi) is 4.59. The normalized spacial score (nSPS) is 22.1. The average Bonchev–Trinajstić information content (AvgIpc) is 3.20.